The van der Waals surface area contributed by atoms with Gasteiger partial charge in [0.25, 0.3) is 0 Å². The number of rotatable bonds is 3. The van der Waals surface area contributed by atoms with Gasteiger partial charge in [0.05, 0.1) is 0 Å². The van der Waals surface area contributed by atoms with Gasteiger partial charge in [-0.05, 0) is 28.5 Å². The second-order valence-corrected chi connectivity index (χ2v) is 5.19. The fourth-order valence-corrected chi connectivity index (χ4v) is 2.42. The Bertz CT molecular complexity index is 413. The Hall–Kier alpha value is -1.08. The van der Waals surface area contributed by atoms with Gasteiger partial charge in [-0.2, -0.15) is 0 Å². The Labute approximate surface area is 95.6 Å². The Morgan fingerprint density at radius 1 is 1.13 bits per heavy atom. The van der Waals surface area contributed by atoms with Crippen LogP contribution < -0.4 is 0 Å². The topological polar surface area (TPSA) is 0 Å². The first-order valence-corrected chi connectivity index (χ1v) is 6.25. The van der Waals surface area contributed by atoms with E-state index in [1.807, 2.05) is 11.3 Å². The molecular formula is C14H16S. The number of hydrogen-bond donors (Lipinski definition) is 0. The summed E-state index contributed by atoms with van der Waals surface area (Å²) in [4.78, 5) is 1.44. The summed E-state index contributed by atoms with van der Waals surface area (Å²) in [5.74, 6) is 0.619. The average molecular weight is 216 g/mol. The third-order valence-electron chi connectivity index (χ3n) is 2.58. The molecule has 0 bridgehead atoms. The van der Waals surface area contributed by atoms with E-state index in [-0.39, 0.29) is 0 Å². The molecule has 0 saturated carbocycles. The molecule has 0 unspecified atom stereocenters. The molecule has 78 valence electrons. The van der Waals surface area contributed by atoms with Crippen molar-refractivity contribution in [2.45, 2.75) is 26.2 Å². The van der Waals surface area contributed by atoms with Crippen molar-refractivity contribution in [3.63, 3.8) is 0 Å². The van der Waals surface area contributed by atoms with Gasteiger partial charge in [0.15, 0.2) is 0 Å². The lowest BCUT2D eigenvalue weighted by Gasteiger charge is -2.07. The molecule has 0 fully saturated rings. The molecule has 0 saturated heterocycles. The third-order valence-corrected chi connectivity index (χ3v) is 3.45. The lowest BCUT2D eigenvalue weighted by molar-refractivity contribution is 0.863. The van der Waals surface area contributed by atoms with Gasteiger partial charge in [0.1, 0.15) is 0 Å². The molecule has 0 atom stereocenters. The van der Waals surface area contributed by atoms with Gasteiger partial charge in [0, 0.05) is 11.3 Å². The molecule has 0 nitrogen and oxygen atoms in total. The summed E-state index contributed by atoms with van der Waals surface area (Å²) in [5.41, 5.74) is 2.85. The zero-order valence-electron chi connectivity index (χ0n) is 9.23. The molecule has 2 rings (SSSR count). The van der Waals surface area contributed by atoms with Crippen molar-refractivity contribution in [1.82, 2.24) is 0 Å². The minimum absolute atomic E-state index is 0.619. The quantitative estimate of drug-likeness (QED) is 0.710. The van der Waals surface area contributed by atoms with Gasteiger partial charge in [-0.3, -0.25) is 0 Å². The highest BCUT2D eigenvalue weighted by atomic mass is 32.1. The zero-order valence-corrected chi connectivity index (χ0v) is 10.1. The molecule has 0 aliphatic rings. The van der Waals surface area contributed by atoms with E-state index in [1.54, 1.807) is 0 Å². The Morgan fingerprint density at radius 2 is 2.00 bits per heavy atom. The van der Waals surface area contributed by atoms with Crippen LogP contribution in [0, 0.1) is 0 Å². The zero-order chi connectivity index (χ0) is 10.7. The van der Waals surface area contributed by atoms with Crippen LogP contribution in [-0.2, 0) is 6.42 Å². The van der Waals surface area contributed by atoms with E-state index < -0.39 is 0 Å². The van der Waals surface area contributed by atoms with Crippen LogP contribution in [0.4, 0.5) is 0 Å². The Balaban J connectivity index is 2.18. The molecular weight excluding hydrogens is 200 g/mol. The maximum atomic E-state index is 2.32. The SMILES string of the molecule is CC(C)c1cccc(Cc2cccs2)c1. The minimum Gasteiger partial charge on any atom is -0.149 e. The summed E-state index contributed by atoms with van der Waals surface area (Å²) in [5, 5.41) is 2.14. The third kappa shape index (κ3) is 2.69. The molecule has 0 amide bonds. The van der Waals surface area contributed by atoms with Crippen LogP contribution in [0.1, 0.15) is 35.8 Å². The van der Waals surface area contributed by atoms with Crippen molar-refractivity contribution in [3.8, 4) is 0 Å². The molecule has 0 radical (unpaired) electrons. The highest BCUT2D eigenvalue weighted by Crippen LogP contribution is 2.19. The van der Waals surface area contributed by atoms with Crippen molar-refractivity contribution >= 4 is 11.3 Å². The summed E-state index contributed by atoms with van der Waals surface area (Å²) in [7, 11) is 0. The highest BCUT2D eigenvalue weighted by molar-refractivity contribution is 7.09. The number of thiophene rings is 1. The molecule has 0 spiro atoms. The summed E-state index contributed by atoms with van der Waals surface area (Å²) < 4.78 is 0. The van der Waals surface area contributed by atoms with Gasteiger partial charge >= 0.3 is 0 Å². The van der Waals surface area contributed by atoms with E-state index in [0.717, 1.165) is 6.42 Å². The fraction of sp³-hybridized carbons (Fsp3) is 0.286. The molecule has 0 N–H and O–H groups in total. The molecule has 1 heterocycles. The van der Waals surface area contributed by atoms with E-state index in [0.29, 0.717) is 5.92 Å². The maximum Gasteiger partial charge on any atom is 0.00890 e. The summed E-state index contributed by atoms with van der Waals surface area (Å²) >= 11 is 1.83. The predicted octanol–water partition coefficient (Wildman–Crippen LogP) is 4.46. The molecule has 0 aliphatic heterocycles. The number of hydrogen-bond acceptors (Lipinski definition) is 1. The first-order chi connectivity index (χ1) is 7.25. The number of benzene rings is 1. The van der Waals surface area contributed by atoms with Gasteiger partial charge in [-0.15, -0.1) is 11.3 Å². The van der Waals surface area contributed by atoms with E-state index >= 15 is 0 Å². The molecule has 1 heteroatoms. The van der Waals surface area contributed by atoms with Crippen LogP contribution >= 0.6 is 11.3 Å². The molecule has 1 aromatic carbocycles. The largest absolute Gasteiger partial charge is 0.149 e. The predicted molar refractivity (Wildman–Crippen MR) is 67.7 cm³/mol. The summed E-state index contributed by atoms with van der Waals surface area (Å²) in [6, 6.07) is 13.2. The van der Waals surface area contributed by atoms with Crippen LogP contribution in [0.15, 0.2) is 41.8 Å². The molecule has 15 heavy (non-hydrogen) atoms. The first-order valence-electron chi connectivity index (χ1n) is 5.37. The van der Waals surface area contributed by atoms with E-state index in [1.165, 1.54) is 16.0 Å². The standard InChI is InChI=1S/C14H16S/c1-11(2)13-6-3-5-12(9-13)10-14-7-4-8-15-14/h3-9,11H,10H2,1-2H3. The van der Waals surface area contributed by atoms with Gasteiger partial charge in [-0.25, -0.2) is 0 Å². The maximum absolute atomic E-state index is 2.32. The molecule has 0 aliphatic carbocycles. The van der Waals surface area contributed by atoms with E-state index in [2.05, 4.69) is 55.6 Å². The first kappa shape index (κ1) is 10.4. The van der Waals surface area contributed by atoms with E-state index in [9.17, 15) is 0 Å². The van der Waals surface area contributed by atoms with Crippen molar-refractivity contribution in [2.75, 3.05) is 0 Å². The lowest BCUT2D eigenvalue weighted by Crippen LogP contribution is -1.90. The van der Waals surface area contributed by atoms with Crippen molar-refractivity contribution in [3.05, 3.63) is 57.8 Å². The lowest BCUT2D eigenvalue weighted by atomic mass is 9.99. The van der Waals surface area contributed by atoms with E-state index in [4.69, 9.17) is 0 Å². The monoisotopic (exact) mass is 216 g/mol. The second-order valence-electron chi connectivity index (χ2n) is 4.16. The Kier molecular flexibility index (Phi) is 3.22. The van der Waals surface area contributed by atoms with Crippen molar-refractivity contribution in [2.24, 2.45) is 0 Å². The summed E-state index contributed by atoms with van der Waals surface area (Å²) in [6.07, 6.45) is 1.07. The van der Waals surface area contributed by atoms with Gasteiger partial charge in [0.2, 0.25) is 0 Å². The highest BCUT2D eigenvalue weighted by Gasteiger charge is 2.01. The van der Waals surface area contributed by atoms with Crippen LogP contribution in [0.3, 0.4) is 0 Å². The van der Waals surface area contributed by atoms with Crippen LogP contribution in [0.2, 0.25) is 0 Å². The minimum atomic E-state index is 0.619. The van der Waals surface area contributed by atoms with Crippen molar-refractivity contribution < 1.29 is 0 Å². The average Bonchev–Trinajstić information content (AvgIpc) is 2.71. The van der Waals surface area contributed by atoms with Crippen LogP contribution in [-0.4, -0.2) is 0 Å². The normalized spacial score (nSPS) is 10.9. The van der Waals surface area contributed by atoms with Crippen LogP contribution in [0.25, 0.3) is 0 Å². The van der Waals surface area contributed by atoms with Crippen molar-refractivity contribution in [1.29, 1.82) is 0 Å². The van der Waals surface area contributed by atoms with Gasteiger partial charge < -0.3 is 0 Å². The van der Waals surface area contributed by atoms with Crippen LogP contribution in [0.5, 0.6) is 0 Å². The molecule has 1 aromatic heterocycles. The molecule has 2 aromatic rings. The van der Waals surface area contributed by atoms with Gasteiger partial charge in [-0.1, -0.05) is 44.2 Å². The fourth-order valence-electron chi connectivity index (χ4n) is 1.68. The Morgan fingerprint density at radius 3 is 2.67 bits per heavy atom. The second kappa shape index (κ2) is 4.63. The smallest absolute Gasteiger partial charge is 0.00890 e. The summed E-state index contributed by atoms with van der Waals surface area (Å²) in [6.45, 7) is 4.48.